The summed E-state index contributed by atoms with van der Waals surface area (Å²) in [5, 5.41) is 0. The molecule has 0 radical (unpaired) electrons. The molecule has 2 aromatic rings. The quantitative estimate of drug-likeness (QED) is 0.342. The fraction of sp³-hybridized carbons (Fsp3) is 0.571. The summed E-state index contributed by atoms with van der Waals surface area (Å²) in [7, 11) is 0. The zero-order valence-electron chi connectivity index (χ0n) is 18.9. The van der Waals surface area contributed by atoms with E-state index >= 15 is 0 Å². The van der Waals surface area contributed by atoms with E-state index in [1.807, 2.05) is 24.3 Å². The van der Waals surface area contributed by atoms with E-state index < -0.39 is 11.6 Å². The molecule has 0 spiro atoms. The van der Waals surface area contributed by atoms with Crippen LogP contribution >= 0.6 is 0 Å². The summed E-state index contributed by atoms with van der Waals surface area (Å²) in [4.78, 5) is 0. The van der Waals surface area contributed by atoms with Gasteiger partial charge in [-0.1, -0.05) is 108 Å². The third kappa shape index (κ3) is 6.15. The molecule has 3 rings (SSSR count). The van der Waals surface area contributed by atoms with Crippen LogP contribution in [0.3, 0.4) is 0 Å². The molecular weight excluding hydrogens is 374 g/mol. The van der Waals surface area contributed by atoms with Crippen molar-refractivity contribution in [2.75, 3.05) is 0 Å². The Morgan fingerprint density at radius 2 is 1.37 bits per heavy atom. The van der Waals surface area contributed by atoms with Crippen LogP contribution in [0.4, 0.5) is 8.78 Å². The first-order valence-electron chi connectivity index (χ1n) is 12.2. The number of hydrogen-bond donors (Lipinski definition) is 0. The van der Waals surface area contributed by atoms with E-state index in [1.165, 1.54) is 56.9 Å². The van der Waals surface area contributed by atoms with Gasteiger partial charge in [-0.25, -0.2) is 8.78 Å². The minimum atomic E-state index is -0.699. The van der Waals surface area contributed by atoms with Gasteiger partial charge in [-0.15, -0.1) is 0 Å². The third-order valence-corrected chi connectivity index (χ3v) is 6.97. The normalized spacial score (nSPS) is 19.2. The van der Waals surface area contributed by atoms with Gasteiger partial charge in [-0.05, 0) is 47.8 Å². The highest BCUT2D eigenvalue weighted by Crippen LogP contribution is 2.35. The van der Waals surface area contributed by atoms with Gasteiger partial charge in [0, 0.05) is 5.56 Å². The predicted molar refractivity (Wildman–Crippen MR) is 124 cm³/mol. The number of hydrogen-bond acceptors (Lipinski definition) is 0. The zero-order valence-corrected chi connectivity index (χ0v) is 18.9. The maximum absolute atomic E-state index is 14.8. The smallest absolute Gasteiger partial charge is 0.166 e. The Morgan fingerprint density at radius 1 is 0.700 bits per heavy atom. The molecule has 0 unspecified atom stereocenters. The summed E-state index contributed by atoms with van der Waals surface area (Å²) in [6.07, 6.45) is 14.2. The van der Waals surface area contributed by atoms with Crippen molar-refractivity contribution in [1.29, 1.82) is 0 Å². The third-order valence-electron chi connectivity index (χ3n) is 6.97. The monoisotopic (exact) mass is 412 g/mol. The Morgan fingerprint density at radius 3 is 2.00 bits per heavy atom. The Labute approximate surface area is 182 Å². The zero-order chi connectivity index (χ0) is 21.3. The van der Waals surface area contributed by atoms with E-state index in [2.05, 4.69) is 13.8 Å². The van der Waals surface area contributed by atoms with Crippen LogP contribution in [0.25, 0.3) is 11.1 Å². The van der Waals surface area contributed by atoms with Crippen molar-refractivity contribution in [3.05, 3.63) is 59.2 Å². The molecule has 1 saturated carbocycles. The summed E-state index contributed by atoms with van der Waals surface area (Å²) in [5.74, 6) is 0.208. The van der Waals surface area contributed by atoms with Crippen molar-refractivity contribution in [1.82, 2.24) is 0 Å². The van der Waals surface area contributed by atoms with E-state index in [0.29, 0.717) is 23.5 Å². The highest BCUT2D eigenvalue weighted by atomic mass is 19.2. The van der Waals surface area contributed by atoms with E-state index in [-0.39, 0.29) is 0 Å². The van der Waals surface area contributed by atoms with Crippen LogP contribution < -0.4 is 0 Å². The van der Waals surface area contributed by atoms with Crippen molar-refractivity contribution in [2.45, 2.75) is 90.9 Å². The first kappa shape index (κ1) is 23.0. The van der Waals surface area contributed by atoms with Crippen molar-refractivity contribution >= 4 is 0 Å². The lowest BCUT2D eigenvalue weighted by Gasteiger charge is -2.28. The molecule has 1 aliphatic carbocycles. The molecule has 30 heavy (non-hydrogen) atoms. The van der Waals surface area contributed by atoms with E-state index in [1.54, 1.807) is 12.1 Å². The van der Waals surface area contributed by atoms with Gasteiger partial charge >= 0.3 is 0 Å². The lowest BCUT2D eigenvalue weighted by Crippen LogP contribution is -2.15. The molecule has 2 aromatic carbocycles. The van der Waals surface area contributed by atoms with Gasteiger partial charge in [0.15, 0.2) is 11.6 Å². The number of aryl methyl sites for hydroxylation is 2. The van der Waals surface area contributed by atoms with Gasteiger partial charge in [0.25, 0.3) is 0 Å². The Bertz CT molecular complexity index is 770. The molecule has 0 aromatic heterocycles. The Kier molecular flexibility index (Phi) is 8.90. The molecule has 2 heteroatoms. The Balaban J connectivity index is 1.55. The molecule has 1 aliphatic rings. The molecule has 0 bridgehead atoms. The topological polar surface area (TPSA) is 0 Å². The lowest BCUT2D eigenvalue weighted by atomic mass is 9.77. The number of benzene rings is 2. The van der Waals surface area contributed by atoms with Gasteiger partial charge < -0.3 is 0 Å². The number of halogens is 2. The molecule has 0 N–H and O–H groups in total. The summed E-state index contributed by atoms with van der Waals surface area (Å²) in [5.41, 5.74) is 2.88. The van der Waals surface area contributed by atoms with Crippen LogP contribution in [0.15, 0.2) is 36.4 Å². The van der Waals surface area contributed by atoms with Crippen LogP contribution in [0.1, 0.15) is 89.2 Å². The molecule has 164 valence electrons. The number of unbranched alkanes of at least 4 members (excludes halogenated alkanes) is 2. The van der Waals surface area contributed by atoms with Crippen molar-refractivity contribution in [3.8, 4) is 11.1 Å². The second-order valence-corrected chi connectivity index (χ2v) is 9.27. The first-order chi connectivity index (χ1) is 14.6. The average Bonchev–Trinajstić information content (AvgIpc) is 2.77. The molecular formula is C28H38F2. The molecule has 0 heterocycles. The summed E-state index contributed by atoms with van der Waals surface area (Å²) < 4.78 is 29.5. The maximum Gasteiger partial charge on any atom is 0.166 e. The fourth-order valence-electron chi connectivity index (χ4n) is 5.00. The second kappa shape index (κ2) is 11.6. The molecule has 0 amide bonds. The maximum atomic E-state index is 14.8. The van der Waals surface area contributed by atoms with Crippen molar-refractivity contribution in [2.24, 2.45) is 11.8 Å². The minimum absolute atomic E-state index is 0.367. The fourth-order valence-corrected chi connectivity index (χ4v) is 5.00. The summed E-state index contributed by atoms with van der Waals surface area (Å²) in [6.45, 7) is 4.40. The molecule has 0 atom stereocenters. The lowest BCUT2D eigenvalue weighted by molar-refractivity contribution is 0.248. The summed E-state index contributed by atoms with van der Waals surface area (Å²) in [6, 6.07) is 11.4. The van der Waals surface area contributed by atoms with E-state index in [9.17, 15) is 8.78 Å². The van der Waals surface area contributed by atoms with Gasteiger partial charge in [0.05, 0.1) is 0 Å². The Hall–Kier alpha value is -1.70. The minimum Gasteiger partial charge on any atom is -0.203 e. The number of rotatable bonds is 10. The largest absolute Gasteiger partial charge is 0.203 e. The first-order valence-corrected chi connectivity index (χ1v) is 12.2. The van der Waals surface area contributed by atoms with Crippen LogP contribution in [0, 0.1) is 23.5 Å². The van der Waals surface area contributed by atoms with Crippen LogP contribution in [-0.4, -0.2) is 0 Å². The molecule has 0 nitrogen and oxygen atoms in total. The van der Waals surface area contributed by atoms with Crippen LogP contribution in [0.2, 0.25) is 0 Å². The van der Waals surface area contributed by atoms with Crippen molar-refractivity contribution < 1.29 is 8.78 Å². The predicted octanol–water partition coefficient (Wildman–Crippen LogP) is 8.90. The van der Waals surface area contributed by atoms with Crippen LogP contribution in [-0.2, 0) is 12.8 Å². The van der Waals surface area contributed by atoms with Crippen LogP contribution in [0.5, 0.6) is 0 Å². The SMILES string of the molecule is CCCCCC1CCC(CCc2ccc(-c3ccc(CCC)cc3)c(F)c2F)CC1. The van der Waals surface area contributed by atoms with E-state index in [4.69, 9.17) is 0 Å². The van der Waals surface area contributed by atoms with Gasteiger partial charge in [0.1, 0.15) is 0 Å². The van der Waals surface area contributed by atoms with Crippen molar-refractivity contribution in [3.63, 3.8) is 0 Å². The molecule has 0 saturated heterocycles. The molecule has 0 aliphatic heterocycles. The average molecular weight is 413 g/mol. The second-order valence-electron chi connectivity index (χ2n) is 9.27. The summed E-state index contributed by atoms with van der Waals surface area (Å²) >= 11 is 0. The van der Waals surface area contributed by atoms with Gasteiger partial charge in [0.2, 0.25) is 0 Å². The highest BCUT2D eigenvalue weighted by Gasteiger charge is 2.22. The van der Waals surface area contributed by atoms with Gasteiger partial charge in [-0.2, -0.15) is 0 Å². The molecule has 1 fully saturated rings. The van der Waals surface area contributed by atoms with Gasteiger partial charge in [-0.3, -0.25) is 0 Å². The highest BCUT2D eigenvalue weighted by molar-refractivity contribution is 5.65. The van der Waals surface area contributed by atoms with E-state index in [0.717, 1.165) is 30.7 Å². The standard InChI is InChI=1S/C28H38F2/c1-3-5-6-8-22-9-11-23(12-10-22)15-18-25-19-20-26(28(30)27(25)29)24-16-13-21(7-4-2)14-17-24/h13-14,16-17,19-20,22-23H,3-12,15,18H2,1-2H3.